The number of carbonyl (C=O) groups is 2. The number of unbranched alkanes of at least 4 members (excludes halogenated alkanes) is 2. The van der Waals surface area contributed by atoms with Crippen molar-refractivity contribution in [2.45, 2.75) is 44.4 Å². The molecule has 10 nitrogen and oxygen atoms in total. The molecule has 0 heterocycles. The summed E-state index contributed by atoms with van der Waals surface area (Å²) in [6.45, 7) is 4.87. The predicted molar refractivity (Wildman–Crippen MR) is 127 cm³/mol. The monoisotopic (exact) mass is 491 g/mol. The standard InChI is InChI=1S/C23H29N3O7S/c1-4-6-12-25(13-7-5-2)34(31,32)21-10-8-19(9-11-21)24-22(27)17-14-18(23(28)33-3)16-20(15-17)26(29)30/h8-11,14-16H,4-7,12-13H2,1-3H3,(H,24,27). The molecule has 0 fully saturated rings. The Labute approximate surface area is 199 Å². The molecule has 184 valence electrons. The van der Waals surface area contributed by atoms with Crippen molar-refractivity contribution in [3.05, 3.63) is 63.7 Å². The van der Waals surface area contributed by atoms with Gasteiger partial charge in [-0.15, -0.1) is 0 Å². The molecule has 0 atom stereocenters. The number of ether oxygens (including phenoxy) is 1. The van der Waals surface area contributed by atoms with Gasteiger partial charge in [-0.1, -0.05) is 26.7 Å². The number of hydrogen-bond acceptors (Lipinski definition) is 7. The molecule has 2 rings (SSSR count). The first-order chi connectivity index (χ1) is 16.1. The average molecular weight is 492 g/mol. The summed E-state index contributed by atoms with van der Waals surface area (Å²) in [7, 11) is -2.55. The van der Waals surface area contributed by atoms with Gasteiger partial charge in [0.15, 0.2) is 0 Å². The van der Waals surface area contributed by atoms with Crippen LogP contribution in [0.15, 0.2) is 47.4 Å². The lowest BCUT2D eigenvalue weighted by Crippen LogP contribution is -2.33. The number of rotatable bonds is 12. The second-order valence-electron chi connectivity index (χ2n) is 7.61. The fourth-order valence-electron chi connectivity index (χ4n) is 3.17. The SMILES string of the molecule is CCCCN(CCCC)S(=O)(=O)c1ccc(NC(=O)c2cc(C(=O)OC)cc([N+](=O)[O-])c2)cc1. The Morgan fingerprint density at radius 1 is 1.00 bits per heavy atom. The molecule has 1 N–H and O–H groups in total. The zero-order valence-electron chi connectivity index (χ0n) is 19.4. The third-order valence-corrected chi connectivity index (χ3v) is 7.00. The van der Waals surface area contributed by atoms with E-state index in [1.54, 1.807) is 0 Å². The van der Waals surface area contributed by atoms with E-state index in [9.17, 15) is 28.1 Å². The molecule has 0 radical (unpaired) electrons. The smallest absolute Gasteiger partial charge is 0.338 e. The Kier molecular flexibility index (Phi) is 9.69. The second-order valence-corrected chi connectivity index (χ2v) is 9.54. The maximum atomic E-state index is 13.1. The lowest BCUT2D eigenvalue weighted by atomic mass is 10.1. The number of carbonyl (C=O) groups excluding carboxylic acids is 2. The Hall–Kier alpha value is -3.31. The molecule has 0 aliphatic heterocycles. The van der Waals surface area contributed by atoms with Crippen molar-refractivity contribution >= 4 is 33.3 Å². The van der Waals surface area contributed by atoms with Crippen molar-refractivity contribution in [3.63, 3.8) is 0 Å². The first-order valence-electron chi connectivity index (χ1n) is 10.9. The highest BCUT2D eigenvalue weighted by Gasteiger charge is 2.24. The summed E-state index contributed by atoms with van der Waals surface area (Å²) in [4.78, 5) is 35.0. The van der Waals surface area contributed by atoms with E-state index in [1.807, 2.05) is 13.8 Å². The maximum absolute atomic E-state index is 13.1. The van der Waals surface area contributed by atoms with E-state index in [0.717, 1.165) is 44.9 Å². The molecule has 1 amide bonds. The van der Waals surface area contributed by atoms with E-state index in [4.69, 9.17) is 0 Å². The van der Waals surface area contributed by atoms with Crippen molar-refractivity contribution in [2.24, 2.45) is 0 Å². The van der Waals surface area contributed by atoms with E-state index < -0.39 is 32.5 Å². The van der Waals surface area contributed by atoms with Crippen molar-refractivity contribution in [3.8, 4) is 0 Å². The summed E-state index contributed by atoms with van der Waals surface area (Å²) in [5, 5.41) is 13.7. The van der Waals surface area contributed by atoms with Crippen molar-refractivity contribution in [2.75, 3.05) is 25.5 Å². The number of esters is 1. The first-order valence-corrected chi connectivity index (χ1v) is 12.4. The Balaban J connectivity index is 2.25. The Morgan fingerprint density at radius 2 is 1.56 bits per heavy atom. The third-order valence-electron chi connectivity index (χ3n) is 5.08. The van der Waals surface area contributed by atoms with Crippen LogP contribution < -0.4 is 5.32 Å². The number of nitrogens with zero attached hydrogens (tertiary/aromatic N) is 2. The summed E-state index contributed by atoms with van der Waals surface area (Å²) in [6.07, 6.45) is 3.26. The van der Waals surface area contributed by atoms with Crippen LogP contribution >= 0.6 is 0 Å². The minimum Gasteiger partial charge on any atom is -0.465 e. The second kappa shape index (κ2) is 12.2. The van der Waals surface area contributed by atoms with Crippen LogP contribution in [-0.2, 0) is 14.8 Å². The summed E-state index contributed by atoms with van der Waals surface area (Å²) in [5.41, 5.74) is -0.392. The van der Waals surface area contributed by atoms with E-state index in [0.29, 0.717) is 18.8 Å². The molecule has 11 heteroatoms. The molecule has 0 bridgehead atoms. The topological polar surface area (TPSA) is 136 Å². The number of nitro groups is 1. The number of benzene rings is 2. The molecule has 0 saturated heterocycles. The molecule has 0 aromatic heterocycles. The van der Waals surface area contributed by atoms with Gasteiger partial charge in [-0.2, -0.15) is 4.31 Å². The summed E-state index contributed by atoms with van der Waals surface area (Å²) in [6, 6.07) is 8.95. The molecule has 2 aromatic carbocycles. The summed E-state index contributed by atoms with van der Waals surface area (Å²) < 4.78 is 32.2. The third kappa shape index (κ3) is 6.84. The number of non-ortho nitro benzene ring substituents is 1. The molecular weight excluding hydrogens is 462 g/mol. The fourth-order valence-corrected chi connectivity index (χ4v) is 4.68. The van der Waals surface area contributed by atoms with E-state index >= 15 is 0 Å². The van der Waals surface area contributed by atoms with Gasteiger partial charge in [0, 0.05) is 36.5 Å². The number of anilines is 1. The van der Waals surface area contributed by atoms with Crippen molar-refractivity contribution in [1.82, 2.24) is 4.31 Å². The Morgan fingerprint density at radius 3 is 2.06 bits per heavy atom. The number of hydrogen-bond donors (Lipinski definition) is 1. The molecule has 0 saturated carbocycles. The van der Waals surface area contributed by atoms with E-state index in [1.165, 1.54) is 34.6 Å². The summed E-state index contributed by atoms with van der Waals surface area (Å²) in [5.74, 6) is -1.51. The van der Waals surface area contributed by atoms with Crippen LogP contribution in [0.1, 0.15) is 60.2 Å². The predicted octanol–water partition coefficient (Wildman–Crippen LogP) is 4.22. The highest BCUT2D eigenvalue weighted by Crippen LogP contribution is 2.22. The highest BCUT2D eigenvalue weighted by atomic mass is 32.2. The normalized spacial score (nSPS) is 11.3. The molecule has 0 aliphatic carbocycles. The number of sulfonamides is 1. The van der Waals surface area contributed by atoms with Gasteiger partial charge in [0.05, 0.1) is 22.5 Å². The van der Waals surface area contributed by atoms with Crippen LogP contribution in [0, 0.1) is 10.1 Å². The van der Waals surface area contributed by atoms with Gasteiger partial charge < -0.3 is 10.1 Å². The average Bonchev–Trinajstić information content (AvgIpc) is 2.83. The largest absolute Gasteiger partial charge is 0.465 e. The Bertz CT molecular complexity index is 1120. The molecule has 0 unspecified atom stereocenters. The molecular formula is C23H29N3O7S. The number of amides is 1. The van der Waals surface area contributed by atoms with Crippen molar-refractivity contribution < 1.29 is 27.7 Å². The minimum absolute atomic E-state index is 0.112. The van der Waals surface area contributed by atoms with Gasteiger partial charge in [0.1, 0.15) is 0 Å². The van der Waals surface area contributed by atoms with Gasteiger partial charge in [-0.25, -0.2) is 13.2 Å². The van der Waals surface area contributed by atoms with Gasteiger partial charge in [-0.05, 0) is 43.2 Å². The maximum Gasteiger partial charge on any atom is 0.338 e. The lowest BCUT2D eigenvalue weighted by molar-refractivity contribution is -0.384. The van der Waals surface area contributed by atoms with Crippen LogP contribution in [-0.4, -0.2) is 49.7 Å². The molecule has 0 aliphatic rings. The fraction of sp³-hybridized carbons (Fsp3) is 0.391. The highest BCUT2D eigenvalue weighted by molar-refractivity contribution is 7.89. The number of nitrogens with one attached hydrogen (secondary N) is 1. The van der Waals surface area contributed by atoms with Crippen LogP contribution in [0.3, 0.4) is 0 Å². The number of nitro benzene ring substituents is 1. The van der Waals surface area contributed by atoms with Crippen molar-refractivity contribution in [1.29, 1.82) is 0 Å². The zero-order valence-corrected chi connectivity index (χ0v) is 20.3. The lowest BCUT2D eigenvalue weighted by Gasteiger charge is -2.22. The quantitative estimate of drug-likeness (QED) is 0.267. The van der Waals surface area contributed by atoms with Gasteiger partial charge in [0.25, 0.3) is 11.6 Å². The molecule has 0 spiro atoms. The zero-order chi connectivity index (χ0) is 25.3. The van der Waals surface area contributed by atoms with E-state index in [-0.39, 0.29) is 16.0 Å². The summed E-state index contributed by atoms with van der Waals surface area (Å²) >= 11 is 0. The van der Waals surface area contributed by atoms with Crippen LogP contribution in [0.4, 0.5) is 11.4 Å². The first kappa shape index (κ1) is 26.9. The van der Waals surface area contributed by atoms with Crippen LogP contribution in [0.5, 0.6) is 0 Å². The van der Waals surface area contributed by atoms with Gasteiger partial charge in [-0.3, -0.25) is 14.9 Å². The van der Waals surface area contributed by atoms with E-state index in [2.05, 4.69) is 10.1 Å². The van der Waals surface area contributed by atoms with Crippen LogP contribution in [0.2, 0.25) is 0 Å². The van der Waals surface area contributed by atoms with Crippen LogP contribution in [0.25, 0.3) is 0 Å². The van der Waals surface area contributed by atoms with Gasteiger partial charge in [0.2, 0.25) is 10.0 Å². The van der Waals surface area contributed by atoms with Gasteiger partial charge >= 0.3 is 5.97 Å². The minimum atomic E-state index is -3.68. The molecule has 34 heavy (non-hydrogen) atoms. The molecule has 2 aromatic rings. The number of methoxy groups -OCH3 is 1.